The maximum Gasteiger partial charge on any atom is 0.255 e. The second-order valence-electron chi connectivity index (χ2n) is 6.85. The number of carbonyl (C=O) groups excluding carboxylic acids is 1. The summed E-state index contributed by atoms with van der Waals surface area (Å²) in [7, 11) is 1.94. The van der Waals surface area contributed by atoms with Crippen molar-refractivity contribution >= 4 is 16.8 Å². The van der Waals surface area contributed by atoms with Crippen LogP contribution in [0.4, 0.5) is 0 Å². The molecule has 0 fully saturated rings. The first-order valence-corrected chi connectivity index (χ1v) is 9.45. The molecule has 5 heteroatoms. The van der Waals surface area contributed by atoms with Gasteiger partial charge in [-0.3, -0.25) is 4.79 Å². The monoisotopic (exact) mass is 386 g/mol. The first kappa shape index (κ1) is 18.8. The van der Waals surface area contributed by atoms with Gasteiger partial charge in [0.25, 0.3) is 5.91 Å². The summed E-state index contributed by atoms with van der Waals surface area (Å²) < 4.78 is 7.83. The number of carbonyl (C=O) groups is 1. The number of aliphatic hydroxyl groups is 1. The lowest BCUT2D eigenvalue weighted by atomic mass is 10.1. The van der Waals surface area contributed by atoms with Gasteiger partial charge in [-0.05, 0) is 30.3 Å². The van der Waals surface area contributed by atoms with Crippen molar-refractivity contribution in [1.82, 2.24) is 9.88 Å². The third-order valence-electron chi connectivity index (χ3n) is 4.85. The van der Waals surface area contributed by atoms with Crippen molar-refractivity contribution in [2.24, 2.45) is 7.05 Å². The maximum absolute atomic E-state index is 12.8. The van der Waals surface area contributed by atoms with Crippen LogP contribution in [0.25, 0.3) is 10.9 Å². The molecule has 1 heterocycles. The molecule has 0 bridgehead atoms. The Morgan fingerprint density at radius 1 is 1.00 bits per heavy atom. The van der Waals surface area contributed by atoms with Crippen molar-refractivity contribution in [3.05, 3.63) is 96.2 Å². The number of amides is 1. The van der Waals surface area contributed by atoms with Crippen LogP contribution in [-0.2, 0) is 7.05 Å². The molecule has 1 atom stereocenters. The molecule has 1 amide bonds. The minimum absolute atomic E-state index is 0.104. The zero-order valence-electron chi connectivity index (χ0n) is 16.1. The molecule has 1 unspecified atom stereocenters. The SMILES string of the molecule is Cn1cc(C(O)CNC(=O)c2ccccc2Oc2ccccc2)c2ccccc21. The molecule has 5 nitrogen and oxygen atoms in total. The second kappa shape index (κ2) is 8.20. The number of para-hydroxylation sites is 3. The van der Waals surface area contributed by atoms with Crippen molar-refractivity contribution in [3.8, 4) is 11.5 Å². The molecular formula is C24H22N2O3. The van der Waals surface area contributed by atoms with Gasteiger partial charge in [-0.25, -0.2) is 0 Å². The molecule has 0 saturated heterocycles. The van der Waals surface area contributed by atoms with E-state index in [4.69, 9.17) is 4.74 Å². The molecule has 2 N–H and O–H groups in total. The summed E-state index contributed by atoms with van der Waals surface area (Å²) in [5, 5.41) is 14.5. The number of aryl methyl sites for hydroxylation is 1. The van der Waals surface area contributed by atoms with Crippen LogP contribution in [0.3, 0.4) is 0 Å². The largest absolute Gasteiger partial charge is 0.457 e. The molecule has 146 valence electrons. The molecule has 4 aromatic rings. The molecule has 0 aliphatic rings. The summed E-state index contributed by atoms with van der Waals surface area (Å²) in [6.07, 6.45) is 1.08. The molecule has 1 aromatic heterocycles. The molecule has 0 aliphatic carbocycles. The fourth-order valence-corrected chi connectivity index (χ4v) is 3.39. The highest BCUT2D eigenvalue weighted by molar-refractivity contribution is 5.97. The number of nitrogens with zero attached hydrogens (tertiary/aromatic N) is 1. The van der Waals surface area contributed by atoms with E-state index in [0.717, 1.165) is 16.5 Å². The van der Waals surface area contributed by atoms with Crippen LogP contribution in [0.2, 0.25) is 0 Å². The predicted molar refractivity (Wildman–Crippen MR) is 113 cm³/mol. The van der Waals surface area contributed by atoms with Gasteiger partial charge in [-0.1, -0.05) is 48.5 Å². The standard InChI is InChI=1S/C24H22N2O3/c1-26-16-20(18-11-5-7-13-21(18)26)22(27)15-25-24(28)19-12-6-8-14-23(19)29-17-9-3-2-4-10-17/h2-14,16,22,27H,15H2,1H3,(H,25,28). The van der Waals surface area contributed by atoms with Gasteiger partial charge in [0.15, 0.2) is 0 Å². The Kier molecular flexibility index (Phi) is 5.31. The molecule has 29 heavy (non-hydrogen) atoms. The lowest BCUT2D eigenvalue weighted by molar-refractivity contribution is 0.0914. The van der Waals surface area contributed by atoms with Gasteiger partial charge in [0.05, 0.1) is 11.7 Å². The highest BCUT2D eigenvalue weighted by atomic mass is 16.5. The van der Waals surface area contributed by atoms with Crippen LogP contribution in [0.5, 0.6) is 11.5 Å². The maximum atomic E-state index is 12.8. The second-order valence-corrected chi connectivity index (χ2v) is 6.85. The summed E-state index contributed by atoms with van der Waals surface area (Å²) >= 11 is 0. The number of nitrogens with one attached hydrogen (secondary N) is 1. The van der Waals surface area contributed by atoms with Gasteiger partial charge in [-0.2, -0.15) is 0 Å². The topological polar surface area (TPSA) is 63.5 Å². The van der Waals surface area contributed by atoms with Gasteiger partial charge in [0.1, 0.15) is 11.5 Å². The molecule has 4 rings (SSSR count). The van der Waals surface area contributed by atoms with Crippen LogP contribution >= 0.6 is 0 Å². The fourth-order valence-electron chi connectivity index (χ4n) is 3.39. The third-order valence-corrected chi connectivity index (χ3v) is 4.85. The van der Waals surface area contributed by atoms with Crippen LogP contribution in [0.1, 0.15) is 22.0 Å². The van der Waals surface area contributed by atoms with Crippen LogP contribution in [0.15, 0.2) is 85.1 Å². The first-order chi connectivity index (χ1) is 14.1. The van der Waals surface area contributed by atoms with E-state index in [2.05, 4.69) is 5.32 Å². The summed E-state index contributed by atoms with van der Waals surface area (Å²) in [5.74, 6) is 0.829. The molecule has 0 aliphatic heterocycles. The van der Waals surface area contributed by atoms with Gasteiger partial charge in [0.2, 0.25) is 0 Å². The Morgan fingerprint density at radius 3 is 2.52 bits per heavy atom. The summed E-state index contributed by atoms with van der Waals surface area (Å²) in [4.78, 5) is 12.8. The van der Waals surface area contributed by atoms with E-state index in [0.29, 0.717) is 17.1 Å². The van der Waals surface area contributed by atoms with Crippen molar-refractivity contribution < 1.29 is 14.6 Å². The van der Waals surface area contributed by atoms with Crippen molar-refractivity contribution in [2.75, 3.05) is 6.54 Å². The van der Waals surface area contributed by atoms with Gasteiger partial charge in [0, 0.05) is 36.3 Å². The number of ether oxygens (including phenoxy) is 1. The number of benzene rings is 3. The fraction of sp³-hybridized carbons (Fsp3) is 0.125. The Hall–Kier alpha value is -3.57. The number of aliphatic hydroxyl groups excluding tert-OH is 1. The molecule has 3 aromatic carbocycles. The van der Waals surface area contributed by atoms with E-state index in [1.165, 1.54) is 0 Å². The molecule has 0 spiro atoms. The lowest BCUT2D eigenvalue weighted by Gasteiger charge is -2.14. The summed E-state index contributed by atoms with van der Waals surface area (Å²) in [6, 6.07) is 24.3. The van der Waals surface area contributed by atoms with Crippen LogP contribution in [0, 0.1) is 0 Å². The minimum Gasteiger partial charge on any atom is -0.457 e. The molecule has 0 radical (unpaired) electrons. The Bertz CT molecular complexity index is 1140. The predicted octanol–water partition coefficient (Wildman–Crippen LogP) is 4.43. The highest BCUT2D eigenvalue weighted by Gasteiger charge is 2.18. The quantitative estimate of drug-likeness (QED) is 0.515. The number of fused-ring (bicyclic) bond motifs is 1. The average Bonchev–Trinajstić information content (AvgIpc) is 3.10. The van der Waals surface area contributed by atoms with Gasteiger partial charge in [-0.15, -0.1) is 0 Å². The van der Waals surface area contributed by atoms with E-state index in [9.17, 15) is 9.90 Å². The zero-order valence-corrected chi connectivity index (χ0v) is 16.1. The van der Waals surface area contributed by atoms with E-state index < -0.39 is 6.10 Å². The Morgan fingerprint density at radius 2 is 1.69 bits per heavy atom. The lowest BCUT2D eigenvalue weighted by Crippen LogP contribution is -2.28. The first-order valence-electron chi connectivity index (χ1n) is 9.45. The number of aromatic nitrogens is 1. The Labute approximate surface area is 169 Å². The van der Waals surface area contributed by atoms with Gasteiger partial charge < -0.3 is 19.7 Å². The smallest absolute Gasteiger partial charge is 0.255 e. The number of hydrogen-bond donors (Lipinski definition) is 2. The van der Waals surface area contributed by atoms with Crippen molar-refractivity contribution in [1.29, 1.82) is 0 Å². The van der Waals surface area contributed by atoms with E-state index >= 15 is 0 Å². The summed E-state index contributed by atoms with van der Waals surface area (Å²) in [6.45, 7) is 0.104. The average molecular weight is 386 g/mol. The zero-order chi connectivity index (χ0) is 20.2. The van der Waals surface area contributed by atoms with Crippen LogP contribution in [-0.4, -0.2) is 22.1 Å². The van der Waals surface area contributed by atoms with E-state index in [-0.39, 0.29) is 12.5 Å². The number of rotatable bonds is 6. The minimum atomic E-state index is -0.813. The van der Waals surface area contributed by atoms with Gasteiger partial charge >= 0.3 is 0 Å². The van der Waals surface area contributed by atoms with Crippen molar-refractivity contribution in [2.45, 2.75) is 6.10 Å². The summed E-state index contributed by atoms with van der Waals surface area (Å²) in [5.41, 5.74) is 2.24. The van der Waals surface area contributed by atoms with E-state index in [1.807, 2.05) is 78.5 Å². The molecule has 0 saturated carbocycles. The van der Waals surface area contributed by atoms with Crippen LogP contribution < -0.4 is 10.1 Å². The van der Waals surface area contributed by atoms with Crippen molar-refractivity contribution in [3.63, 3.8) is 0 Å². The third kappa shape index (κ3) is 4.00. The normalized spacial score (nSPS) is 11.9. The number of hydrogen-bond acceptors (Lipinski definition) is 3. The highest BCUT2D eigenvalue weighted by Crippen LogP contribution is 2.27. The Balaban J connectivity index is 1.49. The molecular weight excluding hydrogens is 364 g/mol. The van der Waals surface area contributed by atoms with E-state index in [1.54, 1.807) is 18.2 Å².